The van der Waals surface area contributed by atoms with E-state index in [0.717, 1.165) is 11.3 Å². The zero-order valence-corrected chi connectivity index (χ0v) is 15.3. The number of methoxy groups -OCH3 is 3. The number of hydrazone groups is 1. The molecule has 0 spiro atoms. The zero-order chi connectivity index (χ0) is 18.9. The summed E-state index contributed by atoms with van der Waals surface area (Å²) in [5.41, 5.74) is 5.18. The molecule has 0 aliphatic heterocycles. The van der Waals surface area contributed by atoms with Gasteiger partial charge in [-0.3, -0.25) is 4.79 Å². The first kappa shape index (κ1) is 19.1. The quantitative estimate of drug-likeness (QED) is 0.561. The normalized spacial score (nSPS) is 10.5. The fourth-order valence-corrected chi connectivity index (χ4v) is 2.33. The minimum atomic E-state index is -0.254. The number of nitrogens with zero attached hydrogens (tertiary/aromatic N) is 1. The van der Waals surface area contributed by atoms with Crippen molar-refractivity contribution < 1.29 is 19.0 Å². The van der Waals surface area contributed by atoms with Gasteiger partial charge in [0, 0.05) is 11.3 Å². The molecule has 0 aliphatic carbocycles. The van der Waals surface area contributed by atoms with E-state index in [2.05, 4.69) is 15.8 Å². The van der Waals surface area contributed by atoms with Gasteiger partial charge in [-0.25, -0.2) is 5.43 Å². The number of hydrogen-bond donors (Lipinski definition) is 2. The molecule has 0 saturated heterocycles. The first-order valence-electron chi connectivity index (χ1n) is 7.99. The zero-order valence-electron chi connectivity index (χ0n) is 15.3. The van der Waals surface area contributed by atoms with Crippen LogP contribution in [0.5, 0.6) is 17.2 Å². The van der Waals surface area contributed by atoms with Crippen LogP contribution in [0, 0.1) is 6.92 Å². The van der Waals surface area contributed by atoms with E-state index in [-0.39, 0.29) is 12.5 Å². The summed E-state index contributed by atoms with van der Waals surface area (Å²) in [7, 11) is 4.61. The molecule has 0 unspecified atom stereocenters. The SMILES string of the molecule is COc1cc(C=NNC(=O)CNc2cccc(C)c2)cc(OC)c1OC. The Hall–Kier alpha value is -3.22. The number of nitrogens with one attached hydrogen (secondary N) is 2. The van der Waals surface area contributed by atoms with Gasteiger partial charge in [0.2, 0.25) is 5.75 Å². The molecular formula is C19H23N3O4. The van der Waals surface area contributed by atoms with Crippen LogP contribution in [-0.2, 0) is 4.79 Å². The number of ether oxygens (including phenoxy) is 3. The highest BCUT2D eigenvalue weighted by molar-refractivity contribution is 5.85. The second-order valence-corrected chi connectivity index (χ2v) is 5.47. The third-order valence-corrected chi connectivity index (χ3v) is 3.56. The molecule has 1 amide bonds. The Morgan fingerprint density at radius 3 is 2.35 bits per heavy atom. The molecule has 2 N–H and O–H groups in total. The second kappa shape index (κ2) is 9.31. The van der Waals surface area contributed by atoms with Gasteiger partial charge < -0.3 is 19.5 Å². The summed E-state index contributed by atoms with van der Waals surface area (Å²) in [5.74, 6) is 1.27. The van der Waals surface area contributed by atoms with Crippen LogP contribution in [0.15, 0.2) is 41.5 Å². The van der Waals surface area contributed by atoms with E-state index in [0.29, 0.717) is 22.8 Å². The van der Waals surface area contributed by atoms with Crippen molar-refractivity contribution in [2.45, 2.75) is 6.92 Å². The lowest BCUT2D eigenvalue weighted by molar-refractivity contribution is -0.119. The van der Waals surface area contributed by atoms with Crippen molar-refractivity contribution in [1.29, 1.82) is 0 Å². The van der Waals surface area contributed by atoms with Gasteiger partial charge >= 0.3 is 0 Å². The first-order chi connectivity index (χ1) is 12.6. The van der Waals surface area contributed by atoms with Crippen molar-refractivity contribution in [2.75, 3.05) is 33.2 Å². The number of rotatable bonds is 8. The largest absolute Gasteiger partial charge is 0.493 e. The molecule has 0 heterocycles. The van der Waals surface area contributed by atoms with Crippen molar-refractivity contribution in [3.8, 4) is 17.2 Å². The van der Waals surface area contributed by atoms with E-state index < -0.39 is 0 Å². The number of hydrogen-bond acceptors (Lipinski definition) is 6. The molecule has 7 nitrogen and oxygen atoms in total. The van der Waals surface area contributed by atoms with Gasteiger partial charge in [0.05, 0.1) is 34.1 Å². The monoisotopic (exact) mass is 357 g/mol. The minimum absolute atomic E-state index is 0.121. The Bertz CT molecular complexity index is 765. The van der Waals surface area contributed by atoms with Crippen molar-refractivity contribution >= 4 is 17.8 Å². The van der Waals surface area contributed by atoms with E-state index in [9.17, 15) is 4.79 Å². The Balaban J connectivity index is 1.96. The Morgan fingerprint density at radius 1 is 1.08 bits per heavy atom. The maximum Gasteiger partial charge on any atom is 0.259 e. The maximum absolute atomic E-state index is 11.9. The van der Waals surface area contributed by atoms with Gasteiger partial charge in [-0.05, 0) is 36.8 Å². The highest BCUT2D eigenvalue weighted by atomic mass is 16.5. The summed E-state index contributed by atoms with van der Waals surface area (Å²) in [6.07, 6.45) is 1.51. The highest BCUT2D eigenvalue weighted by Gasteiger charge is 2.12. The van der Waals surface area contributed by atoms with Crippen molar-refractivity contribution in [1.82, 2.24) is 5.43 Å². The van der Waals surface area contributed by atoms with Gasteiger partial charge in [-0.1, -0.05) is 12.1 Å². The third kappa shape index (κ3) is 5.14. The number of amides is 1. The van der Waals surface area contributed by atoms with Crippen LogP contribution in [0.25, 0.3) is 0 Å². The fraction of sp³-hybridized carbons (Fsp3) is 0.263. The standard InChI is InChI=1S/C19H23N3O4/c1-13-6-5-7-15(8-13)20-12-18(23)22-21-11-14-9-16(24-2)19(26-4)17(10-14)25-3/h5-11,20H,12H2,1-4H3,(H,22,23). The lowest BCUT2D eigenvalue weighted by Gasteiger charge is -2.12. The Kier molecular flexibility index (Phi) is 6.84. The Morgan fingerprint density at radius 2 is 1.77 bits per heavy atom. The molecule has 0 atom stereocenters. The molecule has 26 heavy (non-hydrogen) atoms. The molecule has 2 rings (SSSR count). The van der Waals surface area contributed by atoms with Gasteiger partial charge in [0.1, 0.15) is 0 Å². The van der Waals surface area contributed by atoms with Crippen molar-refractivity contribution in [3.05, 3.63) is 47.5 Å². The molecule has 2 aromatic rings. The minimum Gasteiger partial charge on any atom is -0.493 e. The molecule has 0 bridgehead atoms. The number of anilines is 1. The number of benzene rings is 2. The lowest BCUT2D eigenvalue weighted by atomic mass is 10.2. The van der Waals surface area contributed by atoms with E-state index >= 15 is 0 Å². The average molecular weight is 357 g/mol. The van der Waals surface area contributed by atoms with Crippen LogP contribution in [0.4, 0.5) is 5.69 Å². The van der Waals surface area contributed by atoms with Crippen LogP contribution < -0.4 is 25.0 Å². The maximum atomic E-state index is 11.9. The predicted molar refractivity (Wildman–Crippen MR) is 102 cm³/mol. The molecule has 0 aromatic heterocycles. The molecule has 2 aromatic carbocycles. The summed E-state index contributed by atoms with van der Waals surface area (Å²) in [5, 5.41) is 7.00. The average Bonchev–Trinajstić information content (AvgIpc) is 2.65. The summed E-state index contributed by atoms with van der Waals surface area (Å²) >= 11 is 0. The topological polar surface area (TPSA) is 81.2 Å². The molecule has 138 valence electrons. The number of carbonyl (C=O) groups is 1. The third-order valence-electron chi connectivity index (χ3n) is 3.56. The molecule has 0 saturated carbocycles. The van der Waals surface area contributed by atoms with Crippen LogP contribution in [0.3, 0.4) is 0 Å². The van der Waals surface area contributed by atoms with Gasteiger partial charge in [-0.2, -0.15) is 5.10 Å². The summed E-state index contributed by atoms with van der Waals surface area (Å²) in [4.78, 5) is 11.9. The van der Waals surface area contributed by atoms with Crippen LogP contribution in [0.2, 0.25) is 0 Å². The predicted octanol–water partition coefficient (Wildman–Crippen LogP) is 2.58. The fourth-order valence-electron chi connectivity index (χ4n) is 2.33. The molecular weight excluding hydrogens is 334 g/mol. The van der Waals surface area contributed by atoms with E-state index in [1.807, 2.05) is 31.2 Å². The number of carbonyl (C=O) groups excluding carboxylic acids is 1. The Labute approximate surface area is 153 Å². The van der Waals surface area contributed by atoms with Crippen molar-refractivity contribution in [3.63, 3.8) is 0 Å². The first-order valence-corrected chi connectivity index (χ1v) is 7.99. The highest BCUT2D eigenvalue weighted by Crippen LogP contribution is 2.37. The van der Waals surface area contributed by atoms with E-state index in [1.54, 1.807) is 12.1 Å². The summed E-state index contributed by atoms with van der Waals surface area (Å²) in [6.45, 7) is 2.11. The van der Waals surface area contributed by atoms with Gasteiger partial charge in [0.15, 0.2) is 11.5 Å². The van der Waals surface area contributed by atoms with Crippen LogP contribution in [-0.4, -0.2) is 40.0 Å². The van der Waals surface area contributed by atoms with E-state index in [1.165, 1.54) is 27.5 Å². The summed E-state index contributed by atoms with van der Waals surface area (Å²) in [6, 6.07) is 11.3. The molecule has 7 heteroatoms. The van der Waals surface area contributed by atoms with Crippen molar-refractivity contribution in [2.24, 2.45) is 5.10 Å². The van der Waals surface area contributed by atoms with Gasteiger partial charge in [-0.15, -0.1) is 0 Å². The molecule has 0 radical (unpaired) electrons. The van der Waals surface area contributed by atoms with Crippen LogP contribution in [0.1, 0.15) is 11.1 Å². The molecule has 0 aliphatic rings. The smallest absolute Gasteiger partial charge is 0.259 e. The number of aryl methyl sites for hydroxylation is 1. The van der Waals surface area contributed by atoms with Gasteiger partial charge in [0.25, 0.3) is 5.91 Å². The van der Waals surface area contributed by atoms with Crippen LogP contribution >= 0.6 is 0 Å². The second-order valence-electron chi connectivity index (χ2n) is 5.47. The molecule has 0 fully saturated rings. The van der Waals surface area contributed by atoms with E-state index in [4.69, 9.17) is 14.2 Å². The summed E-state index contributed by atoms with van der Waals surface area (Å²) < 4.78 is 15.8. The lowest BCUT2D eigenvalue weighted by Crippen LogP contribution is -2.25.